The maximum atomic E-state index is 12.9. The van der Waals surface area contributed by atoms with Crippen LogP contribution in [0.25, 0.3) is 0 Å². The van der Waals surface area contributed by atoms with Crippen molar-refractivity contribution < 1.29 is 24.2 Å². The molecule has 2 rings (SSSR count). The third kappa shape index (κ3) is 8.19. The maximum Gasteiger partial charge on any atom is 0.323 e. The number of aryl methyl sites for hydroxylation is 1. The number of carbonyl (C=O) groups excluding carboxylic acids is 1. The first-order valence-corrected chi connectivity index (χ1v) is 12.1. The lowest BCUT2D eigenvalue weighted by atomic mass is 9.77. The third-order valence-corrected chi connectivity index (χ3v) is 6.30. The van der Waals surface area contributed by atoms with E-state index in [1.807, 2.05) is 38.1 Å². The van der Waals surface area contributed by atoms with Crippen molar-refractivity contribution in [3.8, 4) is 5.75 Å². The zero-order chi connectivity index (χ0) is 22.7. The van der Waals surface area contributed by atoms with E-state index in [1.165, 1.54) is 25.7 Å². The molecule has 5 nitrogen and oxygen atoms in total. The molecule has 1 aliphatic rings. The molecule has 1 aromatic carbocycles. The summed E-state index contributed by atoms with van der Waals surface area (Å²) in [6.45, 7) is 6.66. The molecule has 0 aromatic heterocycles. The molecule has 1 aliphatic carbocycles. The van der Waals surface area contributed by atoms with Gasteiger partial charge in [0, 0.05) is 0 Å². The van der Waals surface area contributed by atoms with Gasteiger partial charge in [-0.25, -0.2) is 0 Å². The minimum Gasteiger partial charge on any atom is -0.494 e. The fourth-order valence-corrected chi connectivity index (χ4v) is 3.77. The van der Waals surface area contributed by atoms with Crippen LogP contribution in [0, 0.1) is 11.3 Å². The van der Waals surface area contributed by atoms with Gasteiger partial charge in [0.2, 0.25) is 0 Å². The van der Waals surface area contributed by atoms with E-state index in [4.69, 9.17) is 9.47 Å². The molecule has 0 amide bonds. The van der Waals surface area contributed by atoms with E-state index in [9.17, 15) is 14.7 Å². The Morgan fingerprint density at radius 1 is 1.10 bits per heavy atom. The number of hydrogen-bond donors (Lipinski definition) is 1. The molecule has 0 aliphatic heterocycles. The summed E-state index contributed by atoms with van der Waals surface area (Å²) in [7, 11) is 0. The van der Waals surface area contributed by atoms with E-state index in [0.29, 0.717) is 31.8 Å². The number of aliphatic carboxylic acids is 1. The summed E-state index contributed by atoms with van der Waals surface area (Å²) in [5.41, 5.74) is -0.453. The van der Waals surface area contributed by atoms with Crippen molar-refractivity contribution in [1.82, 2.24) is 0 Å². The Kier molecular flexibility index (Phi) is 10.4. The molecule has 1 fully saturated rings. The molecule has 1 saturated carbocycles. The highest BCUT2D eigenvalue weighted by molar-refractivity contribution is 5.99. The van der Waals surface area contributed by atoms with Crippen LogP contribution in [0.3, 0.4) is 0 Å². The van der Waals surface area contributed by atoms with E-state index >= 15 is 0 Å². The molecule has 0 saturated heterocycles. The first-order chi connectivity index (χ1) is 14.9. The first-order valence-electron chi connectivity index (χ1n) is 12.1. The van der Waals surface area contributed by atoms with Gasteiger partial charge in [0.1, 0.15) is 5.75 Å². The Morgan fingerprint density at radius 2 is 1.77 bits per heavy atom. The van der Waals surface area contributed by atoms with E-state index in [2.05, 4.69) is 6.92 Å². The van der Waals surface area contributed by atoms with Crippen LogP contribution in [0.15, 0.2) is 24.3 Å². The standard InChI is InChI=1S/C26H40O5/c1-4-6-7-8-9-18-30-23-14-12-21(13-15-23)16-17-26(24(27)28,19-22-10-11-22)25(29)31-20(3)5-2/h12-15,20,22H,4-11,16-19H2,1-3H3,(H,27,28). The van der Waals surface area contributed by atoms with Crippen LogP contribution in [0.4, 0.5) is 0 Å². The summed E-state index contributed by atoms with van der Waals surface area (Å²) in [4.78, 5) is 25.2. The van der Waals surface area contributed by atoms with Crippen LogP contribution in [0.2, 0.25) is 0 Å². The van der Waals surface area contributed by atoms with Crippen molar-refractivity contribution in [1.29, 1.82) is 0 Å². The Hall–Kier alpha value is -2.04. The van der Waals surface area contributed by atoms with Gasteiger partial charge < -0.3 is 14.6 Å². The van der Waals surface area contributed by atoms with Crippen LogP contribution < -0.4 is 4.74 Å². The minimum atomic E-state index is -1.46. The predicted octanol–water partition coefficient (Wildman–Crippen LogP) is 6.18. The molecule has 31 heavy (non-hydrogen) atoms. The monoisotopic (exact) mass is 432 g/mol. The van der Waals surface area contributed by atoms with E-state index in [-0.39, 0.29) is 12.5 Å². The summed E-state index contributed by atoms with van der Waals surface area (Å²) in [6.07, 6.45) is 9.55. The van der Waals surface area contributed by atoms with Crippen molar-refractivity contribution in [3.63, 3.8) is 0 Å². The smallest absolute Gasteiger partial charge is 0.323 e. The van der Waals surface area contributed by atoms with Gasteiger partial charge in [0.15, 0.2) is 5.41 Å². The average molecular weight is 433 g/mol. The minimum absolute atomic E-state index is 0.256. The fourth-order valence-electron chi connectivity index (χ4n) is 3.77. The molecule has 2 atom stereocenters. The van der Waals surface area contributed by atoms with Crippen molar-refractivity contribution in [2.24, 2.45) is 11.3 Å². The number of carbonyl (C=O) groups is 2. The lowest BCUT2D eigenvalue weighted by Gasteiger charge is -2.29. The van der Waals surface area contributed by atoms with Crippen molar-refractivity contribution in [2.45, 2.75) is 97.5 Å². The van der Waals surface area contributed by atoms with Gasteiger partial charge in [-0.1, -0.05) is 64.5 Å². The highest BCUT2D eigenvalue weighted by Crippen LogP contribution is 2.44. The molecule has 174 valence electrons. The number of hydrogen-bond acceptors (Lipinski definition) is 4. The second-order valence-corrected chi connectivity index (χ2v) is 9.07. The van der Waals surface area contributed by atoms with Crippen LogP contribution in [-0.2, 0) is 20.7 Å². The molecule has 0 bridgehead atoms. The highest BCUT2D eigenvalue weighted by Gasteiger charge is 2.50. The summed E-state index contributed by atoms with van der Waals surface area (Å²) < 4.78 is 11.3. The number of rotatable bonds is 16. The molecular weight excluding hydrogens is 392 g/mol. The van der Waals surface area contributed by atoms with E-state index in [0.717, 1.165) is 30.6 Å². The van der Waals surface area contributed by atoms with Crippen LogP contribution >= 0.6 is 0 Å². The predicted molar refractivity (Wildman–Crippen MR) is 122 cm³/mol. The van der Waals surface area contributed by atoms with Crippen LogP contribution in [-0.4, -0.2) is 29.8 Å². The van der Waals surface area contributed by atoms with Crippen LogP contribution in [0.1, 0.15) is 90.5 Å². The zero-order valence-electron chi connectivity index (χ0n) is 19.5. The third-order valence-electron chi connectivity index (χ3n) is 6.30. The SMILES string of the molecule is CCCCCCCOc1ccc(CCC(CC2CC2)(C(=O)O)C(=O)OC(C)CC)cc1. The lowest BCUT2D eigenvalue weighted by molar-refractivity contribution is -0.173. The molecule has 5 heteroatoms. The molecule has 2 unspecified atom stereocenters. The molecule has 1 N–H and O–H groups in total. The van der Waals surface area contributed by atoms with Gasteiger partial charge >= 0.3 is 11.9 Å². The number of ether oxygens (including phenoxy) is 2. The normalized spacial score (nSPS) is 16.4. The number of carboxylic acids is 1. The largest absolute Gasteiger partial charge is 0.494 e. The van der Waals surface area contributed by atoms with Crippen molar-refractivity contribution in [2.75, 3.05) is 6.61 Å². The Bertz CT molecular complexity index is 680. The molecular formula is C26H40O5. The summed E-state index contributed by atoms with van der Waals surface area (Å²) in [5.74, 6) is -0.494. The summed E-state index contributed by atoms with van der Waals surface area (Å²) in [5, 5.41) is 10.0. The van der Waals surface area contributed by atoms with Gasteiger partial charge in [0.25, 0.3) is 0 Å². The van der Waals surface area contributed by atoms with Crippen molar-refractivity contribution >= 4 is 11.9 Å². The van der Waals surface area contributed by atoms with E-state index in [1.54, 1.807) is 0 Å². The van der Waals surface area contributed by atoms with Crippen molar-refractivity contribution in [3.05, 3.63) is 29.8 Å². The van der Waals surface area contributed by atoms with Gasteiger partial charge in [-0.15, -0.1) is 0 Å². The lowest BCUT2D eigenvalue weighted by Crippen LogP contribution is -2.43. The van der Waals surface area contributed by atoms with Gasteiger partial charge in [-0.3, -0.25) is 9.59 Å². The number of benzene rings is 1. The molecule has 0 spiro atoms. The maximum absolute atomic E-state index is 12.9. The second-order valence-electron chi connectivity index (χ2n) is 9.07. The topological polar surface area (TPSA) is 72.8 Å². The molecule has 0 radical (unpaired) electrons. The summed E-state index contributed by atoms with van der Waals surface area (Å²) >= 11 is 0. The Labute approximate surface area is 187 Å². The quantitative estimate of drug-likeness (QED) is 0.192. The fraction of sp³-hybridized carbons (Fsp3) is 0.692. The first kappa shape index (κ1) is 25.2. The van der Waals surface area contributed by atoms with Crippen LogP contribution in [0.5, 0.6) is 5.75 Å². The Morgan fingerprint density at radius 3 is 2.35 bits per heavy atom. The number of unbranched alkanes of at least 4 members (excludes halogenated alkanes) is 4. The van der Waals surface area contributed by atoms with Gasteiger partial charge in [-0.05, 0) is 62.6 Å². The molecule has 1 aromatic rings. The second kappa shape index (κ2) is 12.7. The number of esters is 1. The van der Waals surface area contributed by atoms with E-state index < -0.39 is 17.4 Å². The average Bonchev–Trinajstić information content (AvgIpc) is 3.58. The highest BCUT2D eigenvalue weighted by atomic mass is 16.5. The number of carboxylic acid groups (broad SMARTS) is 1. The van der Waals surface area contributed by atoms with Gasteiger partial charge in [-0.2, -0.15) is 0 Å². The molecule has 0 heterocycles. The van der Waals surface area contributed by atoms with Gasteiger partial charge in [0.05, 0.1) is 12.7 Å². The zero-order valence-corrected chi connectivity index (χ0v) is 19.5. The Balaban J connectivity index is 1.94. The summed E-state index contributed by atoms with van der Waals surface area (Å²) in [6, 6.07) is 7.80.